The smallest absolute Gasteiger partial charge is 0.258 e. The van der Waals surface area contributed by atoms with Gasteiger partial charge in [-0.2, -0.15) is 5.10 Å². The minimum Gasteiger partial charge on any atom is -0.497 e. The Labute approximate surface area is 169 Å². The van der Waals surface area contributed by atoms with E-state index in [-0.39, 0.29) is 17.8 Å². The maximum atomic E-state index is 12.3. The van der Waals surface area contributed by atoms with Crippen molar-refractivity contribution >= 4 is 38.9 Å². The molecule has 0 aliphatic carbocycles. The number of hydrogen-bond donors (Lipinski definition) is 1. The van der Waals surface area contributed by atoms with Gasteiger partial charge in [0.25, 0.3) is 5.91 Å². The third-order valence-electron chi connectivity index (χ3n) is 4.28. The minimum atomic E-state index is -3.34. The van der Waals surface area contributed by atoms with E-state index in [1.54, 1.807) is 31.4 Å². The van der Waals surface area contributed by atoms with Gasteiger partial charge in [0.05, 0.1) is 25.1 Å². The van der Waals surface area contributed by atoms with Crippen molar-refractivity contribution in [1.29, 1.82) is 0 Å². The molecule has 0 spiro atoms. The van der Waals surface area contributed by atoms with Gasteiger partial charge in [-0.3, -0.25) is 9.52 Å². The molecule has 1 heterocycles. The molecule has 0 aromatic heterocycles. The van der Waals surface area contributed by atoms with Crippen LogP contribution < -0.4 is 9.46 Å². The summed E-state index contributed by atoms with van der Waals surface area (Å²) < 4.78 is 30.4. The molecule has 0 unspecified atom stereocenters. The highest BCUT2D eigenvalue weighted by atomic mass is 35.5. The first-order valence-electron chi connectivity index (χ1n) is 8.48. The van der Waals surface area contributed by atoms with E-state index in [9.17, 15) is 13.2 Å². The normalized spacial score (nSPS) is 16.6. The Morgan fingerprint density at radius 3 is 2.61 bits per heavy atom. The number of ether oxygens (including phenoxy) is 1. The monoisotopic (exact) mass is 421 g/mol. The Bertz CT molecular complexity index is 1010. The van der Waals surface area contributed by atoms with Crippen LogP contribution in [0.3, 0.4) is 0 Å². The molecule has 0 fully saturated rings. The van der Waals surface area contributed by atoms with Crippen LogP contribution in [0.25, 0.3) is 0 Å². The van der Waals surface area contributed by atoms with Crippen molar-refractivity contribution in [2.45, 2.75) is 12.5 Å². The molecule has 1 aliphatic rings. The quantitative estimate of drug-likeness (QED) is 0.726. The van der Waals surface area contributed by atoms with Gasteiger partial charge in [0.2, 0.25) is 10.0 Å². The second-order valence-electron chi connectivity index (χ2n) is 6.37. The summed E-state index contributed by atoms with van der Waals surface area (Å²) in [5.41, 5.74) is 2.88. The number of alkyl halides is 1. The number of hydrogen-bond acceptors (Lipinski definition) is 5. The number of nitrogens with one attached hydrogen (secondary N) is 1. The predicted octanol–water partition coefficient (Wildman–Crippen LogP) is 2.98. The molecule has 0 saturated carbocycles. The molecule has 148 valence electrons. The van der Waals surface area contributed by atoms with Gasteiger partial charge < -0.3 is 4.74 Å². The van der Waals surface area contributed by atoms with Crippen molar-refractivity contribution < 1.29 is 17.9 Å². The number of anilines is 1. The molecule has 2 aromatic carbocycles. The molecule has 9 heteroatoms. The van der Waals surface area contributed by atoms with E-state index in [2.05, 4.69) is 9.82 Å². The third kappa shape index (κ3) is 4.63. The van der Waals surface area contributed by atoms with Crippen molar-refractivity contribution in [1.82, 2.24) is 5.01 Å². The maximum Gasteiger partial charge on any atom is 0.258 e. The molecule has 3 rings (SSSR count). The lowest BCUT2D eigenvalue weighted by Gasteiger charge is -2.21. The van der Waals surface area contributed by atoms with Crippen molar-refractivity contribution in [2.75, 3.05) is 24.0 Å². The summed E-state index contributed by atoms with van der Waals surface area (Å²) in [4.78, 5) is 12.3. The Balaban J connectivity index is 1.89. The van der Waals surface area contributed by atoms with Gasteiger partial charge in [-0.15, -0.1) is 11.6 Å². The maximum absolute atomic E-state index is 12.3. The molecule has 1 N–H and O–H groups in total. The number of rotatable bonds is 6. The Hall–Kier alpha value is -2.58. The second kappa shape index (κ2) is 8.20. The first kappa shape index (κ1) is 20.2. The first-order chi connectivity index (χ1) is 13.3. The summed E-state index contributed by atoms with van der Waals surface area (Å²) in [5.74, 6) is 0.231. The van der Waals surface area contributed by atoms with Crippen molar-refractivity contribution in [2.24, 2.45) is 5.10 Å². The highest BCUT2D eigenvalue weighted by Gasteiger charge is 2.32. The van der Waals surface area contributed by atoms with Crippen LogP contribution in [0.1, 0.15) is 23.6 Å². The Morgan fingerprint density at radius 2 is 2.00 bits per heavy atom. The fraction of sp³-hybridized carbons (Fsp3) is 0.263. The summed E-state index contributed by atoms with van der Waals surface area (Å²) in [6, 6.07) is 14.0. The highest BCUT2D eigenvalue weighted by molar-refractivity contribution is 7.92. The molecule has 1 amide bonds. The molecule has 1 atom stereocenters. The number of hydrazone groups is 1. The standard InChI is InChI=1S/C19H20ClN3O4S/c1-27-16-5-3-4-14(10-16)18-11-17(21-23(18)19(24)12-20)13-6-8-15(9-7-13)22-28(2,25)26/h3-10,18,22H,11-12H2,1-2H3/t18-/m0/s1. The number of benzene rings is 2. The lowest BCUT2D eigenvalue weighted by molar-refractivity contribution is -0.130. The van der Waals surface area contributed by atoms with Gasteiger partial charge >= 0.3 is 0 Å². The van der Waals surface area contributed by atoms with Gasteiger partial charge in [0.15, 0.2) is 0 Å². The first-order valence-corrected chi connectivity index (χ1v) is 10.9. The average Bonchev–Trinajstić information content (AvgIpc) is 3.12. The van der Waals surface area contributed by atoms with E-state index in [4.69, 9.17) is 16.3 Å². The number of methoxy groups -OCH3 is 1. The van der Waals surface area contributed by atoms with Gasteiger partial charge in [0.1, 0.15) is 11.6 Å². The molecular formula is C19H20ClN3O4S. The predicted molar refractivity (Wildman–Crippen MR) is 109 cm³/mol. The van der Waals surface area contributed by atoms with E-state index in [1.165, 1.54) is 5.01 Å². The zero-order valence-electron chi connectivity index (χ0n) is 15.4. The van der Waals surface area contributed by atoms with Crippen molar-refractivity contribution in [3.8, 4) is 5.75 Å². The van der Waals surface area contributed by atoms with Crippen molar-refractivity contribution in [3.05, 3.63) is 59.7 Å². The lowest BCUT2D eigenvalue weighted by Crippen LogP contribution is -2.27. The number of carbonyl (C=O) groups excluding carboxylic acids is 1. The van der Waals surface area contributed by atoms with Crippen LogP contribution >= 0.6 is 11.6 Å². The Morgan fingerprint density at radius 1 is 1.29 bits per heavy atom. The summed E-state index contributed by atoms with van der Waals surface area (Å²) in [6.45, 7) is 0. The fourth-order valence-corrected chi connectivity index (χ4v) is 3.72. The number of amides is 1. The minimum absolute atomic E-state index is 0.172. The molecular weight excluding hydrogens is 402 g/mol. The van der Waals surface area contributed by atoms with Crippen LogP contribution in [0.2, 0.25) is 0 Å². The number of halogens is 1. The molecule has 0 radical (unpaired) electrons. The summed E-state index contributed by atoms with van der Waals surface area (Å²) in [7, 11) is -1.76. The van der Waals surface area contributed by atoms with E-state index in [0.717, 1.165) is 23.1 Å². The zero-order valence-corrected chi connectivity index (χ0v) is 17.0. The molecule has 2 aromatic rings. The SMILES string of the molecule is COc1cccc([C@@H]2CC(c3ccc(NS(C)(=O)=O)cc3)=NN2C(=O)CCl)c1. The number of nitrogens with zero attached hydrogens (tertiary/aromatic N) is 2. The molecule has 0 saturated heterocycles. The number of sulfonamides is 1. The van der Waals surface area contributed by atoms with E-state index in [0.29, 0.717) is 17.9 Å². The molecule has 28 heavy (non-hydrogen) atoms. The van der Waals surface area contributed by atoms with Crippen LogP contribution in [0.4, 0.5) is 5.69 Å². The Kier molecular flexibility index (Phi) is 5.90. The van der Waals surface area contributed by atoms with Crippen LogP contribution in [-0.4, -0.2) is 44.3 Å². The fourth-order valence-electron chi connectivity index (χ4n) is 3.03. The largest absolute Gasteiger partial charge is 0.497 e. The van der Waals surface area contributed by atoms with E-state index in [1.807, 2.05) is 24.3 Å². The second-order valence-corrected chi connectivity index (χ2v) is 8.38. The van der Waals surface area contributed by atoms with Crippen LogP contribution in [0.15, 0.2) is 53.6 Å². The van der Waals surface area contributed by atoms with Gasteiger partial charge in [-0.1, -0.05) is 24.3 Å². The topological polar surface area (TPSA) is 88.1 Å². The molecule has 7 nitrogen and oxygen atoms in total. The molecule has 1 aliphatic heterocycles. The van der Waals surface area contributed by atoms with Crippen LogP contribution in [-0.2, 0) is 14.8 Å². The number of carbonyl (C=O) groups is 1. The van der Waals surface area contributed by atoms with Gasteiger partial charge in [-0.05, 0) is 35.4 Å². The summed E-state index contributed by atoms with van der Waals surface area (Å²) in [5, 5.41) is 5.89. The highest BCUT2D eigenvalue weighted by Crippen LogP contribution is 2.34. The average molecular weight is 422 g/mol. The van der Waals surface area contributed by atoms with Crippen molar-refractivity contribution in [3.63, 3.8) is 0 Å². The molecule has 0 bridgehead atoms. The lowest BCUT2D eigenvalue weighted by atomic mass is 9.98. The van der Waals surface area contributed by atoms with E-state index >= 15 is 0 Å². The zero-order chi connectivity index (χ0) is 20.3. The van der Waals surface area contributed by atoms with Crippen LogP contribution in [0, 0.1) is 0 Å². The summed E-state index contributed by atoms with van der Waals surface area (Å²) in [6.07, 6.45) is 1.60. The van der Waals surface area contributed by atoms with Gasteiger partial charge in [0, 0.05) is 12.1 Å². The van der Waals surface area contributed by atoms with E-state index < -0.39 is 10.0 Å². The summed E-state index contributed by atoms with van der Waals surface area (Å²) >= 11 is 5.77. The third-order valence-corrected chi connectivity index (χ3v) is 5.12. The van der Waals surface area contributed by atoms with Gasteiger partial charge in [-0.25, -0.2) is 13.4 Å². The van der Waals surface area contributed by atoms with Crippen LogP contribution in [0.5, 0.6) is 5.75 Å².